The number of hydrogen-bond acceptors (Lipinski definition) is 4. The summed E-state index contributed by atoms with van der Waals surface area (Å²) in [6, 6.07) is 5.81. The summed E-state index contributed by atoms with van der Waals surface area (Å²) in [5.41, 5.74) is 5.48. The van der Waals surface area contributed by atoms with Crippen LogP contribution >= 0.6 is 0 Å². The maximum absolute atomic E-state index is 8.53. The molecule has 94 valence electrons. The first-order chi connectivity index (χ1) is 8.13. The normalized spacial score (nSPS) is 11.8. The smallest absolute Gasteiger partial charge is 0.140 e. The topological polar surface area (TPSA) is 74.7 Å². The molecule has 0 saturated carbocycles. The molecule has 0 bridgehead atoms. The predicted molar refractivity (Wildman–Crippen MR) is 69.3 cm³/mol. The van der Waals surface area contributed by atoms with Crippen molar-refractivity contribution >= 4 is 11.7 Å². The summed E-state index contributed by atoms with van der Waals surface area (Å²) in [7, 11) is 0. The first-order valence-corrected chi connectivity index (χ1v) is 5.76. The van der Waals surface area contributed by atoms with Crippen LogP contribution in [-0.4, -0.2) is 29.1 Å². The van der Waals surface area contributed by atoms with Gasteiger partial charge in [0, 0.05) is 25.7 Å². The number of nitrogens with zero attached hydrogens (tertiary/aromatic N) is 3. The molecule has 0 aliphatic carbocycles. The van der Waals surface area contributed by atoms with Crippen molar-refractivity contribution < 1.29 is 5.21 Å². The van der Waals surface area contributed by atoms with E-state index in [0.29, 0.717) is 18.9 Å². The molecule has 0 aromatic carbocycles. The Kier molecular flexibility index (Phi) is 5.26. The number of oxime groups is 1. The monoisotopic (exact) mass is 236 g/mol. The van der Waals surface area contributed by atoms with Crippen LogP contribution in [0.15, 0.2) is 29.6 Å². The van der Waals surface area contributed by atoms with E-state index in [4.69, 9.17) is 10.9 Å². The van der Waals surface area contributed by atoms with Crippen LogP contribution in [0, 0.1) is 5.92 Å². The molecule has 0 aliphatic rings. The van der Waals surface area contributed by atoms with Gasteiger partial charge >= 0.3 is 0 Å². The Hall–Kier alpha value is -1.78. The molecule has 5 nitrogen and oxygen atoms in total. The van der Waals surface area contributed by atoms with Gasteiger partial charge in [0.1, 0.15) is 11.7 Å². The van der Waals surface area contributed by atoms with Crippen molar-refractivity contribution in [2.75, 3.05) is 18.0 Å². The molecule has 0 spiro atoms. The molecule has 0 saturated heterocycles. The number of nitrogens with two attached hydrogens (primary N) is 1. The lowest BCUT2D eigenvalue weighted by atomic mass is 10.2. The molecule has 17 heavy (non-hydrogen) atoms. The van der Waals surface area contributed by atoms with E-state index in [1.807, 2.05) is 18.2 Å². The van der Waals surface area contributed by atoms with Crippen molar-refractivity contribution in [3.8, 4) is 0 Å². The molecule has 1 aromatic heterocycles. The van der Waals surface area contributed by atoms with E-state index in [9.17, 15) is 0 Å². The second-order valence-electron chi connectivity index (χ2n) is 4.37. The van der Waals surface area contributed by atoms with Crippen LogP contribution in [0.2, 0.25) is 0 Å². The minimum absolute atomic E-state index is 0.245. The lowest BCUT2D eigenvalue weighted by Gasteiger charge is -2.25. The SMILES string of the molecule is CC(C)CN(CCC(N)=NO)c1ccccn1. The number of rotatable bonds is 6. The van der Waals surface area contributed by atoms with Gasteiger partial charge in [-0.15, -0.1) is 0 Å². The molecule has 5 heteroatoms. The summed E-state index contributed by atoms with van der Waals surface area (Å²) in [5.74, 6) is 1.70. The fraction of sp³-hybridized carbons (Fsp3) is 0.500. The highest BCUT2D eigenvalue weighted by atomic mass is 16.4. The van der Waals surface area contributed by atoms with Crippen molar-refractivity contribution in [3.05, 3.63) is 24.4 Å². The number of aromatic nitrogens is 1. The minimum atomic E-state index is 0.245. The lowest BCUT2D eigenvalue weighted by molar-refractivity contribution is 0.317. The van der Waals surface area contributed by atoms with Gasteiger partial charge in [-0.2, -0.15) is 0 Å². The van der Waals surface area contributed by atoms with Crippen molar-refractivity contribution in [2.24, 2.45) is 16.8 Å². The zero-order valence-electron chi connectivity index (χ0n) is 10.4. The van der Waals surface area contributed by atoms with Gasteiger partial charge in [-0.25, -0.2) is 4.98 Å². The first kappa shape index (κ1) is 13.3. The molecular formula is C12H20N4O. The van der Waals surface area contributed by atoms with Crippen molar-refractivity contribution in [1.82, 2.24) is 4.98 Å². The van der Waals surface area contributed by atoms with E-state index in [0.717, 1.165) is 12.4 Å². The molecule has 0 fully saturated rings. The first-order valence-electron chi connectivity index (χ1n) is 5.76. The molecule has 0 radical (unpaired) electrons. The van der Waals surface area contributed by atoms with Crippen LogP contribution in [0.25, 0.3) is 0 Å². The van der Waals surface area contributed by atoms with Crippen molar-refractivity contribution in [3.63, 3.8) is 0 Å². The van der Waals surface area contributed by atoms with E-state index in [-0.39, 0.29) is 5.84 Å². The molecule has 0 unspecified atom stereocenters. The van der Waals surface area contributed by atoms with Crippen LogP contribution in [0.1, 0.15) is 20.3 Å². The van der Waals surface area contributed by atoms with Gasteiger partial charge < -0.3 is 15.8 Å². The van der Waals surface area contributed by atoms with Crippen molar-refractivity contribution in [2.45, 2.75) is 20.3 Å². The quantitative estimate of drug-likeness (QED) is 0.341. The fourth-order valence-electron chi connectivity index (χ4n) is 1.58. The average Bonchev–Trinajstić information content (AvgIpc) is 2.34. The number of pyridine rings is 1. The summed E-state index contributed by atoms with van der Waals surface area (Å²) >= 11 is 0. The Morgan fingerprint density at radius 2 is 2.29 bits per heavy atom. The second-order valence-corrected chi connectivity index (χ2v) is 4.37. The van der Waals surface area contributed by atoms with Gasteiger partial charge in [0.2, 0.25) is 0 Å². The Balaban J connectivity index is 2.67. The van der Waals surface area contributed by atoms with Gasteiger partial charge in [-0.05, 0) is 18.1 Å². The Morgan fingerprint density at radius 1 is 1.53 bits per heavy atom. The Bertz CT molecular complexity index is 351. The van der Waals surface area contributed by atoms with E-state index in [1.165, 1.54) is 0 Å². The zero-order chi connectivity index (χ0) is 12.7. The van der Waals surface area contributed by atoms with E-state index in [1.54, 1.807) is 6.20 Å². The summed E-state index contributed by atoms with van der Waals surface area (Å²) in [4.78, 5) is 6.46. The van der Waals surface area contributed by atoms with Crippen molar-refractivity contribution in [1.29, 1.82) is 0 Å². The maximum atomic E-state index is 8.53. The minimum Gasteiger partial charge on any atom is -0.409 e. The predicted octanol–water partition coefficient (Wildman–Crippen LogP) is 1.68. The van der Waals surface area contributed by atoms with E-state index >= 15 is 0 Å². The molecule has 0 amide bonds. The highest BCUT2D eigenvalue weighted by Gasteiger charge is 2.10. The third-order valence-electron chi connectivity index (χ3n) is 2.33. The second kappa shape index (κ2) is 6.73. The van der Waals surface area contributed by atoms with Gasteiger partial charge in [-0.1, -0.05) is 25.1 Å². The standard InChI is InChI=1S/C12H20N4O/c1-10(2)9-16(8-6-11(13)15-17)12-5-3-4-7-14-12/h3-5,7,10,17H,6,8-9H2,1-2H3,(H2,13,15). The summed E-state index contributed by atoms with van der Waals surface area (Å²) in [5, 5.41) is 11.5. The van der Waals surface area contributed by atoms with Crippen LogP contribution < -0.4 is 10.6 Å². The molecule has 1 heterocycles. The Labute approximate surface area is 102 Å². The summed E-state index contributed by atoms with van der Waals surface area (Å²) in [6.07, 6.45) is 2.30. The molecule has 1 rings (SSSR count). The highest BCUT2D eigenvalue weighted by molar-refractivity contribution is 5.80. The largest absolute Gasteiger partial charge is 0.409 e. The Morgan fingerprint density at radius 3 is 2.82 bits per heavy atom. The summed E-state index contributed by atoms with van der Waals surface area (Å²) in [6.45, 7) is 5.90. The molecule has 3 N–H and O–H groups in total. The summed E-state index contributed by atoms with van der Waals surface area (Å²) < 4.78 is 0. The van der Waals surface area contributed by atoms with E-state index in [2.05, 4.69) is 28.9 Å². The third kappa shape index (κ3) is 4.72. The maximum Gasteiger partial charge on any atom is 0.140 e. The number of amidine groups is 1. The van der Waals surface area contributed by atoms with Gasteiger partial charge in [-0.3, -0.25) is 0 Å². The number of hydrogen-bond donors (Lipinski definition) is 2. The van der Waals surface area contributed by atoms with Gasteiger partial charge in [0.15, 0.2) is 0 Å². The zero-order valence-corrected chi connectivity index (χ0v) is 10.4. The van der Waals surface area contributed by atoms with Crippen LogP contribution in [0.3, 0.4) is 0 Å². The van der Waals surface area contributed by atoms with Crippen LogP contribution in [-0.2, 0) is 0 Å². The average molecular weight is 236 g/mol. The van der Waals surface area contributed by atoms with E-state index < -0.39 is 0 Å². The molecular weight excluding hydrogens is 216 g/mol. The highest BCUT2D eigenvalue weighted by Crippen LogP contribution is 2.12. The van der Waals surface area contributed by atoms with Gasteiger partial charge in [0.25, 0.3) is 0 Å². The van der Waals surface area contributed by atoms with Gasteiger partial charge in [0.05, 0.1) is 0 Å². The molecule has 0 atom stereocenters. The van der Waals surface area contributed by atoms with Crippen LogP contribution in [0.5, 0.6) is 0 Å². The third-order valence-corrected chi connectivity index (χ3v) is 2.33. The number of anilines is 1. The lowest BCUT2D eigenvalue weighted by Crippen LogP contribution is -2.32. The molecule has 1 aromatic rings. The fourth-order valence-corrected chi connectivity index (χ4v) is 1.58. The molecule has 0 aliphatic heterocycles. The van der Waals surface area contributed by atoms with Crippen LogP contribution in [0.4, 0.5) is 5.82 Å².